The van der Waals surface area contributed by atoms with Gasteiger partial charge in [-0.1, -0.05) is 12.1 Å². The minimum absolute atomic E-state index is 0.0221. The zero-order chi connectivity index (χ0) is 20.9. The summed E-state index contributed by atoms with van der Waals surface area (Å²) >= 11 is 0. The number of phenolic OH excluding ortho intramolecular Hbond substituents is 1. The first-order chi connectivity index (χ1) is 13.9. The fraction of sp³-hybridized carbons (Fsp3) is 0.300. The third-order valence-corrected chi connectivity index (χ3v) is 6.40. The molecule has 3 rings (SSSR count). The molecule has 2 aromatic rings. The molecule has 0 unspecified atom stereocenters. The molecule has 0 bridgehead atoms. The number of amides is 2. The second-order valence-corrected chi connectivity index (χ2v) is 8.72. The normalized spacial score (nSPS) is 15.1. The smallest absolute Gasteiger partial charge is 0.251 e. The Morgan fingerprint density at radius 1 is 0.966 bits per heavy atom. The first-order valence-electron chi connectivity index (χ1n) is 9.33. The number of carbonyl (C=O) groups is 2. The molecule has 0 saturated carbocycles. The van der Waals surface area contributed by atoms with E-state index in [1.54, 1.807) is 36.4 Å². The summed E-state index contributed by atoms with van der Waals surface area (Å²) in [4.78, 5) is 24.3. The van der Waals surface area contributed by atoms with Crippen LogP contribution >= 0.6 is 0 Å². The van der Waals surface area contributed by atoms with E-state index in [0.29, 0.717) is 49.3 Å². The minimum Gasteiger partial charge on any atom is -0.508 e. The predicted octanol–water partition coefficient (Wildman–Crippen LogP) is 1.48. The monoisotopic (exact) mass is 417 g/mol. The van der Waals surface area contributed by atoms with Crippen molar-refractivity contribution in [1.82, 2.24) is 10.6 Å². The lowest BCUT2D eigenvalue weighted by atomic mass is 10.2. The van der Waals surface area contributed by atoms with E-state index in [1.165, 1.54) is 16.4 Å². The summed E-state index contributed by atoms with van der Waals surface area (Å²) in [6.45, 7) is 1.14. The molecule has 0 aliphatic carbocycles. The maximum atomic E-state index is 12.3. The number of anilines is 1. The fourth-order valence-corrected chi connectivity index (χ4v) is 4.63. The van der Waals surface area contributed by atoms with Gasteiger partial charge in [-0.2, -0.15) is 0 Å². The van der Waals surface area contributed by atoms with Crippen molar-refractivity contribution >= 4 is 27.5 Å². The van der Waals surface area contributed by atoms with Crippen LogP contribution in [0.4, 0.5) is 5.69 Å². The first kappa shape index (κ1) is 20.7. The van der Waals surface area contributed by atoms with Crippen molar-refractivity contribution in [2.75, 3.05) is 29.7 Å². The Labute approximate surface area is 169 Å². The number of nitrogens with one attached hydrogen (secondary N) is 2. The van der Waals surface area contributed by atoms with E-state index in [2.05, 4.69) is 10.6 Å². The van der Waals surface area contributed by atoms with Crippen LogP contribution in [0.5, 0.6) is 5.75 Å². The van der Waals surface area contributed by atoms with Crippen molar-refractivity contribution in [3.63, 3.8) is 0 Å². The van der Waals surface area contributed by atoms with E-state index in [0.717, 1.165) is 0 Å². The van der Waals surface area contributed by atoms with Gasteiger partial charge in [0.05, 0.1) is 11.4 Å². The molecule has 1 aliphatic heterocycles. The van der Waals surface area contributed by atoms with Crippen LogP contribution in [0.2, 0.25) is 0 Å². The molecular weight excluding hydrogens is 394 g/mol. The van der Waals surface area contributed by atoms with Crippen molar-refractivity contribution < 1.29 is 23.1 Å². The van der Waals surface area contributed by atoms with Gasteiger partial charge in [-0.3, -0.25) is 13.9 Å². The van der Waals surface area contributed by atoms with Gasteiger partial charge in [-0.15, -0.1) is 0 Å². The van der Waals surface area contributed by atoms with Crippen LogP contribution in [0.3, 0.4) is 0 Å². The van der Waals surface area contributed by atoms with Crippen molar-refractivity contribution in [3.05, 3.63) is 59.7 Å². The number of carbonyl (C=O) groups excluding carboxylic acids is 2. The van der Waals surface area contributed by atoms with Crippen LogP contribution in [0.15, 0.2) is 48.5 Å². The minimum atomic E-state index is -3.29. The highest BCUT2D eigenvalue weighted by Gasteiger charge is 2.28. The Kier molecular flexibility index (Phi) is 6.38. The standard InChI is InChI=1S/C20H23N3O5S/c24-18-8-2-6-16(14-18)20(26)22-10-3-9-21-19(25)15-5-1-7-17(13-15)23-11-4-12-29(23,27)28/h1-2,5-8,13-14,24H,3-4,9-12H2,(H,21,25)(H,22,26). The largest absolute Gasteiger partial charge is 0.508 e. The molecule has 0 aromatic heterocycles. The molecule has 1 fully saturated rings. The van der Waals surface area contributed by atoms with Crippen LogP contribution in [0.25, 0.3) is 0 Å². The summed E-state index contributed by atoms with van der Waals surface area (Å²) in [7, 11) is -3.29. The van der Waals surface area contributed by atoms with E-state index in [-0.39, 0.29) is 23.3 Å². The fourth-order valence-electron chi connectivity index (χ4n) is 3.08. The summed E-state index contributed by atoms with van der Waals surface area (Å²) in [6.07, 6.45) is 1.10. The predicted molar refractivity (Wildman–Crippen MR) is 110 cm³/mol. The summed E-state index contributed by atoms with van der Waals surface area (Å²) < 4.78 is 25.4. The van der Waals surface area contributed by atoms with Crippen LogP contribution in [0, 0.1) is 0 Å². The van der Waals surface area contributed by atoms with Gasteiger partial charge in [0.15, 0.2) is 0 Å². The van der Waals surface area contributed by atoms with E-state index in [4.69, 9.17) is 0 Å². The maximum absolute atomic E-state index is 12.3. The van der Waals surface area contributed by atoms with Gasteiger partial charge in [-0.25, -0.2) is 8.42 Å². The molecule has 2 aromatic carbocycles. The lowest BCUT2D eigenvalue weighted by Gasteiger charge is -2.17. The van der Waals surface area contributed by atoms with Crippen LogP contribution in [-0.2, 0) is 10.0 Å². The summed E-state index contributed by atoms with van der Waals surface area (Å²) in [5, 5.41) is 14.9. The van der Waals surface area contributed by atoms with Gasteiger partial charge in [0.2, 0.25) is 10.0 Å². The Morgan fingerprint density at radius 3 is 2.17 bits per heavy atom. The zero-order valence-electron chi connectivity index (χ0n) is 15.8. The SMILES string of the molecule is O=C(NCCCNC(=O)c1cccc(N2CCCS2(=O)=O)c1)c1cccc(O)c1. The molecule has 3 N–H and O–H groups in total. The van der Waals surface area contributed by atoms with Gasteiger partial charge >= 0.3 is 0 Å². The van der Waals surface area contributed by atoms with E-state index in [9.17, 15) is 23.1 Å². The van der Waals surface area contributed by atoms with Gasteiger partial charge < -0.3 is 15.7 Å². The van der Waals surface area contributed by atoms with E-state index in [1.807, 2.05) is 0 Å². The van der Waals surface area contributed by atoms with Crippen molar-refractivity contribution in [2.45, 2.75) is 12.8 Å². The molecule has 0 radical (unpaired) electrons. The lowest BCUT2D eigenvalue weighted by molar-refractivity contribution is 0.0951. The first-order valence-corrected chi connectivity index (χ1v) is 10.9. The number of hydrogen-bond acceptors (Lipinski definition) is 5. The number of sulfonamides is 1. The number of benzene rings is 2. The average molecular weight is 417 g/mol. The molecule has 0 atom stereocenters. The topological polar surface area (TPSA) is 116 Å². The zero-order valence-corrected chi connectivity index (χ0v) is 16.6. The van der Waals surface area contributed by atoms with Gasteiger partial charge in [0.25, 0.3) is 11.8 Å². The van der Waals surface area contributed by atoms with Crippen LogP contribution in [0.1, 0.15) is 33.6 Å². The summed E-state index contributed by atoms with van der Waals surface area (Å²) in [5.41, 5.74) is 1.24. The van der Waals surface area contributed by atoms with Crippen LogP contribution < -0.4 is 14.9 Å². The van der Waals surface area contributed by atoms with Crippen molar-refractivity contribution in [1.29, 1.82) is 0 Å². The van der Waals surface area contributed by atoms with E-state index >= 15 is 0 Å². The third kappa shape index (κ3) is 5.26. The maximum Gasteiger partial charge on any atom is 0.251 e. The Morgan fingerprint density at radius 2 is 1.59 bits per heavy atom. The summed E-state index contributed by atoms with van der Waals surface area (Å²) in [5.74, 6) is -0.457. The Bertz CT molecular complexity index is 1010. The number of hydrogen-bond donors (Lipinski definition) is 3. The van der Waals surface area contributed by atoms with Crippen molar-refractivity contribution in [2.24, 2.45) is 0 Å². The second kappa shape index (κ2) is 8.95. The van der Waals surface area contributed by atoms with Gasteiger partial charge in [0.1, 0.15) is 5.75 Å². The highest BCUT2D eigenvalue weighted by molar-refractivity contribution is 7.93. The van der Waals surface area contributed by atoms with Crippen LogP contribution in [-0.4, -0.2) is 50.7 Å². The molecule has 9 heteroatoms. The molecule has 8 nitrogen and oxygen atoms in total. The van der Waals surface area contributed by atoms with Gasteiger partial charge in [0, 0.05) is 30.8 Å². The molecule has 1 aliphatic rings. The second-order valence-electron chi connectivity index (χ2n) is 6.71. The molecule has 29 heavy (non-hydrogen) atoms. The van der Waals surface area contributed by atoms with E-state index < -0.39 is 10.0 Å². The molecule has 1 heterocycles. The summed E-state index contributed by atoms with van der Waals surface area (Å²) in [6, 6.07) is 12.6. The van der Waals surface area contributed by atoms with Crippen molar-refractivity contribution in [3.8, 4) is 5.75 Å². The average Bonchev–Trinajstić information content (AvgIpc) is 3.06. The highest BCUT2D eigenvalue weighted by atomic mass is 32.2. The Hall–Kier alpha value is -3.07. The molecule has 0 spiro atoms. The molecule has 1 saturated heterocycles. The lowest BCUT2D eigenvalue weighted by Crippen LogP contribution is -2.30. The molecule has 2 amide bonds. The molecule has 154 valence electrons. The quantitative estimate of drug-likeness (QED) is 0.590. The number of rotatable bonds is 7. The third-order valence-electron chi connectivity index (χ3n) is 4.53. The molecular formula is C20H23N3O5S. The number of phenols is 1. The Balaban J connectivity index is 1.46. The number of aromatic hydroxyl groups is 1. The number of nitrogens with zero attached hydrogens (tertiary/aromatic N) is 1. The highest BCUT2D eigenvalue weighted by Crippen LogP contribution is 2.24. The van der Waals surface area contributed by atoms with Gasteiger partial charge in [-0.05, 0) is 49.2 Å².